The first-order valence-electron chi connectivity index (χ1n) is 6.07. The van der Waals surface area contributed by atoms with Gasteiger partial charge in [0.25, 0.3) is 0 Å². The smallest absolute Gasteiger partial charge is 0.236 e. The molecule has 0 amide bonds. The van der Waals surface area contributed by atoms with Crippen molar-refractivity contribution in [3.05, 3.63) is 59.8 Å². The lowest BCUT2D eigenvalue weighted by molar-refractivity contribution is 0.574. The van der Waals surface area contributed by atoms with Crippen molar-refractivity contribution in [1.82, 2.24) is 4.98 Å². The number of thiophene rings is 1. The predicted molar refractivity (Wildman–Crippen MR) is 78.4 cm³/mol. The molecule has 0 aliphatic carbocycles. The first-order valence-corrected chi connectivity index (χ1v) is 6.95. The van der Waals surface area contributed by atoms with Gasteiger partial charge < -0.3 is 9.32 Å². The third-order valence-electron chi connectivity index (χ3n) is 2.88. The molecule has 19 heavy (non-hydrogen) atoms. The minimum Gasteiger partial charge on any atom is -0.443 e. The van der Waals surface area contributed by atoms with Crippen LogP contribution in [0.15, 0.2) is 58.5 Å². The number of hydrogen-bond donors (Lipinski definition) is 0. The van der Waals surface area contributed by atoms with E-state index < -0.39 is 0 Å². The van der Waals surface area contributed by atoms with Gasteiger partial charge >= 0.3 is 0 Å². The molecule has 0 fully saturated rings. The molecule has 3 nitrogen and oxygen atoms in total. The van der Waals surface area contributed by atoms with Crippen LogP contribution in [-0.4, -0.2) is 12.0 Å². The first kappa shape index (κ1) is 12.0. The van der Waals surface area contributed by atoms with Crippen LogP contribution in [0.3, 0.4) is 0 Å². The number of oxazole rings is 1. The number of nitrogens with zero attached hydrogens (tertiary/aromatic N) is 2. The molecule has 0 atom stereocenters. The summed E-state index contributed by atoms with van der Waals surface area (Å²) in [6, 6.07) is 14.3. The Balaban J connectivity index is 1.74. The summed E-state index contributed by atoms with van der Waals surface area (Å²) < 4.78 is 5.52. The van der Waals surface area contributed by atoms with Crippen LogP contribution in [-0.2, 0) is 6.54 Å². The SMILES string of the molecule is CN(Cc1coc(-c2cccs2)n1)c1ccccc1. The van der Waals surface area contributed by atoms with E-state index in [4.69, 9.17) is 4.42 Å². The summed E-state index contributed by atoms with van der Waals surface area (Å²) in [6.07, 6.45) is 1.73. The lowest BCUT2D eigenvalue weighted by Crippen LogP contribution is -2.16. The molecule has 0 N–H and O–H groups in total. The van der Waals surface area contributed by atoms with Gasteiger partial charge in [0.2, 0.25) is 5.89 Å². The molecule has 2 aromatic heterocycles. The maximum absolute atomic E-state index is 5.52. The van der Waals surface area contributed by atoms with Crippen molar-refractivity contribution >= 4 is 17.0 Å². The van der Waals surface area contributed by atoms with Crippen LogP contribution in [0.25, 0.3) is 10.8 Å². The molecular weight excluding hydrogens is 256 g/mol. The topological polar surface area (TPSA) is 29.3 Å². The third-order valence-corrected chi connectivity index (χ3v) is 3.74. The van der Waals surface area contributed by atoms with E-state index in [-0.39, 0.29) is 0 Å². The van der Waals surface area contributed by atoms with Crippen LogP contribution in [0, 0.1) is 0 Å². The fourth-order valence-corrected chi connectivity index (χ4v) is 2.57. The molecule has 0 saturated heterocycles. The molecular formula is C15H14N2OS. The van der Waals surface area contributed by atoms with Gasteiger partial charge in [-0.2, -0.15) is 0 Å². The zero-order valence-corrected chi connectivity index (χ0v) is 11.4. The van der Waals surface area contributed by atoms with E-state index >= 15 is 0 Å². The number of anilines is 1. The predicted octanol–water partition coefficient (Wildman–Crippen LogP) is 4.04. The van der Waals surface area contributed by atoms with Crippen molar-refractivity contribution in [2.75, 3.05) is 11.9 Å². The largest absolute Gasteiger partial charge is 0.443 e. The molecule has 0 aliphatic heterocycles. The molecule has 0 bridgehead atoms. The van der Waals surface area contributed by atoms with Gasteiger partial charge in [0.15, 0.2) is 0 Å². The maximum Gasteiger partial charge on any atom is 0.236 e. The second-order valence-electron chi connectivity index (χ2n) is 4.31. The van der Waals surface area contributed by atoms with E-state index in [2.05, 4.69) is 29.1 Å². The highest BCUT2D eigenvalue weighted by atomic mass is 32.1. The highest BCUT2D eigenvalue weighted by Gasteiger charge is 2.09. The van der Waals surface area contributed by atoms with Crippen molar-refractivity contribution in [1.29, 1.82) is 0 Å². The van der Waals surface area contributed by atoms with Gasteiger partial charge in [0, 0.05) is 12.7 Å². The molecule has 0 radical (unpaired) electrons. The summed E-state index contributed by atoms with van der Waals surface area (Å²) in [5.41, 5.74) is 2.11. The highest BCUT2D eigenvalue weighted by Crippen LogP contribution is 2.24. The Bertz CT molecular complexity index is 631. The summed E-state index contributed by atoms with van der Waals surface area (Å²) >= 11 is 1.63. The van der Waals surface area contributed by atoms with E-state index in [0.29, 0.717) is 5.89 Å². The maximum atomic E-state index is 5.52. The van der Waals surface area contributed by atoms with Gasteiger partial charge in [0.1, 0.15) is 6.26 Å². The summed E-state index contributed by atoms with van der Waals surface area (Å²) in [7, 11) is 2.05. The molecule has 4 heteroatoms. The minimum atomic E-state index is 0.700. The standard InChI is InChI=1S/C15H14N2OS/c1-17(13-6-3-2-4-7-13)10-12-11-18-15(16-12)14-8-5-9-19-14/h2-9,11H,10H2,1H3. The number of para-hydroxylation sites is 1. The zero-order chi connectivity index (χ0) is 13.1. The van der Waals surface area contributed by atoms with Crippen LogP contribution in [0.1, 0.15) is 5.69 Å². The summed E-state index contributed by atoms with van der Waals surface area (Å²) in [6.45, 7) is 0.735. The molecule has 96 valence electrons. The molecule has 0 aliphatic rings. The molecule has 0 saturated carbocycles. The highest BCUT2D eigenvalue weighted by molar-refractivity contribution is 7.13. The molecule has 3 aromatic rings. The number of benzene rings is 1. The molecule has 2 heterocycles. The van der Waals surface area contributed by atoms with Gasteiger partial charge in [-0.15, -0.1) is 11.3 Å². The van der Waals surface area contributed by atoms with Crippen molar-refractivity contribution in [2.45, 2.75) is 6.54 Å². The van der Waals surface area contributed by atoms with Crippen LogP contribution in [0.2, 0.25) is 0 Å². The van der Waals surface area contributed by atoms with Gasteiger partial charge in [-0.3, -0.25) is 0 Å². The molecule has 0 unspecified atom stereocenters. The van der Waals surface area contributed by atoms with Crippen molar-refractivity contribution in [3.8, 4) is 10.8 Å². The fourth-order valence-electron chi connectivity index (χ4n) is 1.91. The summed E-state index contributed by atoms with van der Waals surface area (Å²) in [4.78, 5) is 7.73. The fraction of sp³-hybridized carbons (Fsp3) is 0.133. The van der Waals surface area contributed by atoms with Crippen LogP contribution < -0.4 is 4.90 Å². The van der Waals surface area contributed by atoms with E-state index in [1.807, 2.05) is 35.7 Å². The van der Waals surface area contributed by atoms with E-state index in [1.54, 1.807) is 17.6 Å². The van der Waals surface area contributed by atoms with Gasteiger partial charge in [-0.1, -0.05) is 24.3 Å². The Kier molecular flexibility index (Phi) is 3.33. The Morgan fingerprint density at radius 2 is 2.00 bits per heavy atom. The van der Waals surface area contributed by atoms with Crippen LogP contribution in [0.4, 0.5) is 5.69 Å². The van der Waals surface area contributed by atoms with E-state index in [1.165, 1.54) is 5.69 Å². The van der Waals surface area contributed by atoms with Gasteiger partial charge in [-0.25, -0.2) is 4.98 Å². The van der Waals surface area contributed by atoms with E-state index in [0.717, 1.165) is 17.1 Å². The Morgan fingerprint density at radius 1 is 1.16 bits per heavy atom. The Labute approximate surface area is 116 Å². The first-order chi connectivity index (χ1) is 9.33. The van der Waals surface area contributed by atoms with Crippen LogP contribution >= 0.6 is 11.3 Å². The summed E-state index contributed by atoms with van der Waals surface area (Å²) in [5.74, 6) is 0.700. The average Bonchev–Trinajstić information content (AvgIpc) is 3.10. The molecule has 3 rings (SSSR count). The molecule has 1 aromatic carbocycles. The third kappa shape index (κ3) is 2.69. The van der Waals surface area contributed by atoms with Gasteiger partial charge in [-0.05, 0) is 23.6 Å². The second-order valence-corrected chi connectivity index (χ2v) is 5.26. The Morgan fingerprint density at radius 3 is 2.74 bits per heavy atom. The lowest BCUT2D eigenvalue weighted by atomic mass is 10.3. The monoisotopic (exact) mass is 270 g/mol. The van der Waals surface area contributed by atoms with Crippen molar-refractivity contribution in [3.63, 3.8) is 0 Å². The molecule has 0 spiro atoms. The number of hydrogen-bond acceptors (Lipinski definition) is 4. The Hall–Kier alpha value is -2.07. The van der Waals surface area contributed by atoms with Crippen molar-refractivity contribution in [2.24, 2.45) is 0 Å². The average molecular weight is 270 g/mol. The zero-order valence-electron chi connectivity index (χ0n) is 10.6. The lowest BCUT2D eigenvalue weighted by Gasteiger charge is -2.17. The minimum absolute atomic E-state index is 0.700. The van der Waals surface area contributed by atoms with Crippen LogP contribution in [0.5, 0.6) is 0 Å². The second kappa shape index (κ2) is 5.28. The normalized spacial score (nSPS) is 10.6. The van der Waals surface area contributed by atoms with Crippen molar-refractivity contribution < 1.29 is 4.42 Å². The van der Waals surface area contributed by atoms with Gasteiger partial charge in [0.05, 0.1) is 17.1 Å². The summed E-state index contributed by atoms with van der Waals surface area (Å²) in [5, 5.41) is 2.02. The quantitative estimate of drug-likeness (QED) is 0.716. The number of aromatic nitrogens is 1. The van der Waals surface area contributed by atoms with E-state index in [9.17, 15) is 0 Å². The number of rotatable bonds is 4.